The summed E-state index contributed by atoms with van der Waals surface area (Å²) in [5.41, 5.74) is 7.57. The van der Waals surface area contributed by atoms with Gasteiger partial charge in [-0.2, -0.15) is 0 Å². The van der Waals surface area contributed by atoms with Gasteiger partial charge in [0.2, 0.25) is 0 Å². The number of rotatable bonds is 7. The summed E-state index contributed by atoms with van der Waals surface area (Å²) in [6.07, 6.45) is 4.78. The maximum atomic E-state index is 6.50. The van der Waals surface area contributed by atoms with Crippen molar-refractivity contribution in [3.8, 4) is 0 Å². The second kappa shape index (κ2) is 9.20. The predicted molar refractivity (Wildman–Crippen MR) is 106 cm³/mol. The Hall–Kier alpha value is -1.37. The van der Waals surface area contributed by atoms with Crippen LogP contribution in [-0.4, -0.2) is 49.0 Å². The van der Waals surface area contributed by atoms with Crippen molar-refractivity contribution in [1.82, 2.24) is 4.90 Å². The highest BCUT2D eigenvalue weighted by molar-refractivity contribution is 8.03. The monoisotopic (exact) mass is 363 g/mol. The number of ether oxygens (including phenoxy) is 1. The van der Waals surface area contributed by atoms with Crippen LogP contribution in [0.25, 0.3) is 0 Å². The topological polar surface area (TPSA) is 50.8 Å². The Morgan fingerprint density at radius 3 is 2.71 bits per heavy atom. The van der Waals surface area contributed by atoms with Crippen LogP contribution in [0.1, 0.15) is 6.42 Å². The minimum atomic E-state index is 0.0224. The van der Waals surface area contributed by atoms with Gasteiger partial charge in [-0.15, -0.1) is 11.8 Å². The lowest BCUT2D eigenvalue weighted by Crippen LogP contribution is -2.42. The largest absolute Gasteiger partial charge is 0.497 e. The zero-order chi connectivity index (χ0) is 17.5. The smallest absolute Gasteiger partial charge is 0.114 e. The van der Waals surface area contributed by atoms with E-state index in [2.05, 4.69) is 41.3 Å². The fraction of sp³-hybridized carbons (Fsp3) is 0.389. The van der Waals surface area contributed by atoms with Gasteiger partial charge in [0.05, 0.1) is 18.7 Å². The molecule has 130 valence electrons. The molecule has 0 fully saturated rings. The molecule has 1 aromatic rings. The third-order valence-corrected chi connectivity index (χ3v) is 6.17. The van der Waals surface area contributed by atoms with E-state index < -0.39 is 0 Å². The van der Waals surface area contributed by atoms with Gasteiger partial charge in [-0.1, -0.05) is 30.9 Å². The van der Waals surface area contributed by atoms with Crippen LogP contribution in [0.2, 0.25) is 0 Å². The molecular weight excluding hydrogens is 338 g/mol. The summed E-state index contributed by atoms with van der Waals surface area (Å²) in [5.74, 6) is 0.691. The van der Waals surface area contributed by atoms with Gasteiger partial charge in [-0.05, 0) is 36.1 Å². The molecule has 0 saturated heterocycles. The summed E-state index contributed by atoms with van der Waals surface area (Å²) in [7, 11) is 5.56. The van der Waals surface area contributed by atoms with Crippen molar-refractivity contribution in [2.24, 2.45) is 10.1 Å². The number of benzene rings is 1. The molecule has 6 heteroatoms. The molecule has 0 bridgehead atoms. The fourth-order valence-corrected chi connectivity index (χ4v) is 4.76. The summed E-state index contributed by atoms with van der Waals surface area (Å²) in [6, 6.07) is 10.4. The van der Waals surface area contributed by atoms with Gasteiger partial charge in [0, 0.05) is 30.3 Å². The van der Waals surface area contributed by atoms with Crippen molar-refractivity contribution in [2.75, 3.05) is 21.2 Å². The number of nitrogens with two attached hydrogens (primary N) is 1. The lowest BCUT2D eigenvalue weighted by molar-refractivity contribution is 0.297. The van der Waals surface area contributed by atoms with Crippen LogP contribution in [0.15, 0.2) is 63.6 Å². The van der Waals surface area contributed by atoms with Gasteiger partial charge in [0.25, 0.3) is 0 Å². The highest BCUT2D eigenvalue weighted by Gasteiger charge is 2.33. The molecular formula is C18H25N3OS2. The van der Waals surface area contributed by atoms with E-state index in [0.29, 0.717) is 5.76 Å². The molecule has 1 aliphatic carbocycles. The number of nitrogens with zero attached hydrogens (tertiary/aromatic N) is 2. The van der Waals surface area contributed by atoms with E-state index >= 15 is 0 Å². The molecule has 4 nitrogen and oxygen atoms in total. The molecule has 0 spiro atoms. The third-order valence-electron chi connectivity index (χ3n) is 3.65. The molecule has 0 heterocycles. The van der Waals surface area contributed by atoms with Crippen LogP contribution >= 0.6 is 23.7 Å². The summed E-state index contributed by atoms with van der Waals surface area (Å²) in [5, 5.41) is 0.405. The summed E-state index contributed by atoms with van der Waals surface area (Å²) < 4.78 is 9.78. The zero-order valence-electron chi connectivity index (χ0n) is 14.4. The molecule has 0 aromatic heterocycles. The average Bonchev–Trinajstić information content (AvgIpc) is 2.57. The van der Waals surface area contributed by atoms with E-state index in [4.69, 9.17) is 10.5 Å². The molecule has 3 unspecified atom stereocenters. The fourth-order valence-electron chi connectivity index (χ4n) is 2.41. The Morgan fingerprint density at radius 2 is 2.08 bits per heavy atom. The van der Waals surface area contributed by atoms with Crippen LogP contribution in [-0.2, 0) is 4.74 Å². The van der Waals surface area contributed by atoms with E-state index in [-0.39, 0.29) is 16.5 Å². The maximum absolute atomic E-state index is 6.50. The summed E-state index contributed by atoms with van der Waals surface area (Å²) in [6.45, 7) is 3.97. The first-order valence-electron chi connectivity index (χ1n) is 7.78. The third kappa shape index (κ3) is 5.33. The van der Waals surface area contributed by atoms with Gasteiger partial charge in [-0.3, -0.25) is 0 Å². The number of hydrogen-bond acceptors (Lipinski definition) is 5. The first-order valence-corrected chi connectivity index (χ1v) is 9.50. The molecule has 24 heavy (non-hydrogen) atoms. The van der Waals surface area contributed by atoms with Crippen LogP contribution in [0.4, 0.5) is 0 Å². The highest BCUT2D eigenvalue weighted by Crippen LogP contribution is 2.39. The predicted octanol–water partition coefficient (Wildman–Crippen LogP) is 3.57. The van der Waals surface area contributed by atoms with E-state index in [1.807, 2.05) is 43.2 Å². The summed E-state index contributed by atoms with van der Waals surface area (Å²) in [4.78, 5) is 3.15. The Morgan fingerprint density at radius 1 is 1.38 bits per heavy atom. The van der Waals surface area contributed by atoms with Gasteiger partial charge >= 0.3 is 0 Å². The molecule has 1 aliphatic rings. The Balaban J connectivity index is 2.21. The average molecular weight is 364 g/mol. The summed E-state index contributed by atoms with van der Waals surface area (Å²) >= 11 is 3.35. The lowest BCUT2D eigenvalue weighted by atomic mass is 9.93. The minimum Gasteiger partial charge on any atom is -0.497 e. The van der Waals surface area contributed by atoms with E-state index in [9.17, 15) is 0 Å². The first kappa shape index (κ1) is 19.0. The standard InChI is InChI=1S/C18H25N3OS2/c1-13(22-4)14-10-16(19)18(23-15-8-6-5-7-9-15)17(11-14)24-20-12-21(2)3/h5-9,11-12,16-18H,1,10,19H2,2-4H3/b20-12+. The van der Waals surface area contributed by atoms with Gasteiger partial charge < -0.3 is 15.4 Å². The Bertz CT molecular complexity index is 602. The van der Waals surface area contributed by atoms with Crippen molar-refractivity contribution < 1.29 is 4.74 Å². The second-order valence-corrected chi connectivity index (χ2v) is 8.05. The minimum absolute atomic E-state index is 0.0224. The van der Waals surface area contributed by atoms with E-state index in [1.165, 1.54) is 4.90 Å². The van der Waals surface area contributed by atoms with E-state index in [1.54, 1.807) is 19.1 Å². The molecule has 2 N–H and O–H groups in total. The lowest BCUT2D eigenvalue weighted by Gasteiger charge is -2.33. The first-order chi connectivity index (χ1) is 11.5. The van der Waals surface area contributed by atoms with Crippen molar-refractivity contribution >= 4 is 30.0 Å². The van der Waals surface area contributed by atoms with Crippen LogP contribution in [0.3, 0.4) is 0 Å². The van der Waals surface area contributed by atoms with Crippen LogP contribution in [0.5, 0.6) is 0 Å². The molecule has 0 aliphatic heterocycles. The quantitative estimate of drug-likeness (QED) is 0.347. The normalized spacial score (nSPS) is 23.8. The number of allylic oxidation sites excluding steroid dienone is 1. The molecule has 0 amide bonds. The Kier molecular flexibility index (Phi) is 7.27. The molecule has 3 atom stereocenters. The highest BCUT2D eigenvalue weighted by atomic mass is 32.2. The van der Waals surface area contributed by atoms with Gasteiger partial charge in [-0.25, -0.2) is 4.40 Å². The molecule has 0 saturated carbocycles. The van der Waals surface area contributed by atoms with Crippen molar-refractivity contribution in [2.45, 2.75) is 27.9 Å². The van der Waals surface area contributed by atoms with Gasteiger partial charge in [0.1, 0.15) is 5.76 Å². The van der Waals surface area contributed by atoms with E-state index in [0.717, 1.165) is 12.0 Å². The van der Waals surface area contributed by atoms with Crippen LogP contribution < -0.4 is 5.73 Å². The molecule has 1 aromatic carbocycles. The Labute approximate surface area is 153 Å². The molecule has 2 rings (SSSR count). The number of methoxy groups -OCH3 is 1. The van der Waals surface area contributed by atoms with Gasteiger partial charge in [0.15, 0.2) is 0 Å². The van der Waals surface area contributed by atoms with Crippen molar-refractivity contribution in [3.63, 3.8) is 0 Å². The van der Waals surface area contributed by atoms with Crippen LogP contribution in [0, 0.1) is 0 Å². The second-order valence-electron chi connectivity index (χ2n) is 5.84. The zero-order valence-corrected chi connectivity index (χ0v) is 16.0. The molecule has 0 radical (unpaired) electrons. The van der Waals surface area contributed by atoms with Crippen molar-refractivity contribution in [1.29, 1.82) is 0 Å². The maximum Gasteiger partial charge on any atom is 0.114 e. The van der Waals surface area contributed by atoms with Crippen molar-refractivity contribution in [3.05, 3.63) is 54.3 Å². The number of hydrogen-bond donors (Lipinski definition) is 1. The number of thioether (sulfide) groups is 1. The SMILES string of the molecule is C=C(OC)C1=CC(S/N=C/N(C)C)C(Sc2ccccc2)C(N)C1.